The summed E-state index contributed by atoms with van der Waals surface area (Å²) in [4.78, 5) is 16.6. The van der Waals surface area contributed by atoms with Crippen molar-refractivity contribution < 1.29 is 9.90 Å². The van der Waals surface area contributed by atoms with Crippen LogP contribution in [0.25, 0.3) is 21.8 Å². The quantitative estimate of drug-likeness (QED) is 0.776. The molecule has 0 saturated carbocycles. The van der Waals surface area contributed by atoms with Crippen molar-refractivity contribution >= 4 is 17.3 Å². The summed E-state index contributed by atoms with van der Waals surface area (Å²) in [6, 6.07) is 17.8. The minimum absolute atomic E-state index is 0.00619. The van der Waals surface area contributed by atoms with Crippen molar-refractivity contribution in [3.8, 4) is 21.8 Å². The second-order valence-electron chi connectivity index (χ2n) is 5.09. The largest absolute Gasteiger partial charge is 0.481 e. The number of rotatable bonds is 4. The van der Waals surface area contributed by atoms with E-state index >= 15 is 0 Å². The molecule has 22 heavy (non-hydrogen) atoms. The fraction of sp³-hybridized carbons (Fsp3) is 0.111. The normalized spacial score (nSPS) is 10.6. The first-order chi connectivity index (χ1) is 10.6. The number of aryl methyl sites for hydroxylation is 1. The third-order valence-corrected chi connectivity index (χ3v) is 4.46. The number of nitrogens with zero attached hydrogens (tertiary/aromatic N) is 1. The Morgan fingerprint density at radius 3 is 2.36 bits per heavy atom. The lowest BCUT2D eigenvalue weighted by Crippen LogP contribution is -1.99. The van der Waals surface area contributed by atoms with Crippen LogP contribution in [0.4, 0.5) is 0 Å². The smallest absolute Gasteiger partial charge is 0.308 e. The molecule has 0 aliphatic carbocycles. The monoisotopic (exact) mass is 309 g/mol. The van der Waals surface area contributed by atoms with E-state index in [0.717, 1.165) is 26.7 Å². The van der Waals surface area contributed by atoms with E-state index in [9.17, 15) is 4.79 Å². The summed E-state index contributed by atoms with van der Waals surface area (Å²) in [6.45, 7) is 2.04. The van der Waals surface area contributed by atoms with Gasteiger partial charge in [-0.2, -0.15) is 0 Å². The number of aliphatic carboxylic acids is 1. The molecule has 0 saturated heterocycles. The lowest BCUT2D eigenvalue weighted by Gasteiger charge is -1.99. The highest BCUT2D eigenvalue weighted by atomic mass is 32.1. The predicted octanol–water partition coefficient (Wildman–Crippen LogP) is 4.41. The number of thiazole rings is 1. The van der Waals surface area contributed by atoms with E-state index in [4.69, 9.17) is 5.11 Å². The average molecular weight is 309 g/mol. The van der Waals surface area contributed by atoms with E-state index in [0.29, 0.717) is 0 Å². The van der Waals surface area contributed by atoms with E-state index < -0.39 is 5.97 Å². The zero-order valence-electron chi connectivity index (χ0n) is 12.1. The molecule has 0 fully saturated rings. The van der Waals surface area contributed by atoms with Crippen LogP contribution in [0.3, 0.4) is 0 Å². The van der Waals surface area contributed by atoms with E-state index in [1.54, 1.807) is 0 Å². The van der Waals surface area contributed by atoms with Gasteiger partial charge in [-0.1, -0.05) is 60.2 Å². The molecule has 0 atom stereocenters. The summed E-state index contributed by atoms with van der Waals surface area (Å²) in [5.74, 6) is -0.837. The molecule has 0 aliphatic heterocycles. The van der Waals surface area contributed by atoms with Gasteiger partial charge < -0.3 is 5.11 Å². The van der Waals surface area contributed by atoms with Gasteiger partial charge in [-0.15, -0.1) is 11.3 Å². The molecule has 1 heterocycles. The van der Waals surface area contributed by atoms with Crippen LogP contribution in [0.1, 0.15) is 10.4 Å². The number of carbonyl (C=O) groups is 1. The number of hydrogen-bond acceptors (Lipinski definition) is 3. The summed E-state index contributed by atoms with van der Waals surface area (Å²) in [6.07, 6.45) is -0.00619. The standard InChI is InChI=1S/C18H15NO2S/c1-12-7-9-14(10-8-12)18-19-17(13-5-3-2-4-6-13)15(22-18)11-16(20)21/h2-10H,11H2,1H3,(H,20,21). The summed E-state index contributed by atoms with van der Waals surface area (Å²) < 4.78 is 0. The molecule has 1 aromatic heterocycles. The Morgan fingerprint density at radius 1 is 1.05 bits per heavy atom. The van der Waals surface area contributed by atoms with Crippen LogP contribution in [-0.2, 0) is 11.2 Å². The maximum Gasteiger partial charge on any atom is 0.308 e. The van der Waals surface area contributed by atoms with Crippen molar-refractivity contribution in [3.05, 3.63) is 65.0 Å². The van der Waals surface area contributed by atoms with Crippen molar-refractivity contribution in [3.63, 3.8) is 0 Å². The van der Waals surface area contributed by atoms with Crippen molar-refractivity contribution in [1.29, 1.82) is 0 Å². The van der Waals surface area contributed by atoms with Gasteiger partial charge in [-0.3, -0.25) is 4.79 Å². The molecule has 3 aromatic rings. The summed E-state index contributed by atoms with van der Waals surface area (Å²) in [5, 5.41) is 9.99. The molecule has 110 valence electrons. The van der Waals surface area contributed by atoms with Crippen LogP contribution < -0.4 is 0 Å². The van der Waals surface area contributed by atoms with Crippen molar-refractivity contribution in [2.45, 2.75) is 13.3 Å². The zero-order valence-corrected chi connectivity index (χ0v) is 12.9. The van der Waals surface area contributed by atoms with Gasteiger partial charge >= 0.3 is 5.97 Å². The van der Waals surface area contributed by atoms with Crippen molar-refractivity contribution in [1.82, 2.24) is 4.98 Å². The second kappa shape index (κ2) is 6.12. The Kier molecular flexibility index (Phi) is 4.02. The Hall–Kier alpha value is -2.46. The molecule has 0 spiro atoms. The molecule has 3 rings (SSSR count). The van der Waals surface area contributed by atoms with E-state index in [-0.39, 0.29) is 6.42 Å². The molecule has 4 heteroatoms. The predicted molar refractivity (Wildman–Crippen MR) is 89.1 cm³/mol. The molecule has 3 nitrogen and oxygen atoms in total. The minimum atomic E-state index is -0.837. The number of carboxylic acids is 1. The lowest BCUT2D eigenvalue weighted by molar-refractivity contribution is -0.136. The van der Waals surface area contributed by atoms with E-state index in [1.807, 2.05) is 61.5 Å². The molecular weight excluding hydrogens is 294 g/mol. The van der Waals surface area contributed by atoms with Gasteiger partial charge in [-0.05, 0) is 6.92 Å². The highest BCUT2D eigenvalue weighted by Gasteiger charge is 2.16. The molecule has 1 N–H and O–H groups in total. The molecular formula is C18H15NO2S. The second-order valence-corrected chi connectivity index (χ2v) is 6.18. The molecule has 0 unspecified atom stereocenters. The number of carboxylic acid groups (broad SMARTS) is 1. The van der Waals surface area contributed by atoms with Gasteiger partial charge in [0.05, 0.1) is 12.1 Å². The number of aromatic nitrogens is 1. The number of hydrogen-bond donors (Lipinski definition) is 1. The summed E-state index contributed by atoms with van der Waals surface area (Å²) in [7, 11) is 0. The van der Waals surface area contributed by atoms with Gasteiger partial charge in [0.15, 0.2) is 0 Å². The highest BCUT2D eigenvalue weighted by Crippen LogP contribution is 2.34. The Bertz CT molecular complexity index is 792. The van der Waals surface area contributed by atoms with Crippen LogP contribution in [0.5, 0.6) is 0 Å². The van der Waals surface area contributed by atoms with Crippen LogP contribution in [0.15, 0.2) is 54.6 Å². The van der Waals surface area contributed by atoms with Crippen LogP contribution in [0, 0.1) is 6.92 Å². The number of benzene rings is 2. The van der Waals surface area contributed by atoms with Gasteiger partial charge in [0.25, 0.3) is 0 Å². The summed E-state index contributed by atoms with van der Waals surface area (Å²) >= 11 is 1.45. The molecule has 2 aromatic carbocycles. The van der Waals surface area contributed by atoms with Crippen molar-refractivity contribution in [2.24, 2.45) is 0 Å². The fourth-order valence-corrected chi connectivity index (χ4v) is 3.33. The first-order valence-corrected chi connectivity index (χ1v) is 7.79. The van der Waals surface area contributed by atoms with Crippen LogP contribution in [-0.4, -0.2) is 16.1 Å². The minimum Gasteiger partial charge on any atom is -0.481 e. The maximum absolute atomic E-state index is 11.1. The average Bonchev–Trinajstić information content (AvgIpc) is 2.92. The highest BCUT2D eigenvalue weighted by molar-refractivity contribution is 7.15. The zero-order chi connectivity index (χ0) is 15.5. The van der Waals surface area contributed by atoms with Crippen LogP contribution >= 0.6 is 11.3 Å². The molecule has 0 amide bonds. The molecule has 0 radical (unpaired) electrons. The van der Waals surface area contributed by atoms with E-state index in [1.165, 1.54) is 16.9 Å². The Labute approximate surface area is 132 Å². The topological polar surface area (TPSA) is 50.2 Å². The third-order valence-electron chi connectivity index (χ3n) is 3.35. The fourth-order valence-electron chi connectivity index (χ4n) is 2.25. The SMILES string of the molecule is Cc1ccc(-c2nc(-c3ccccc3)c(CC(=O)O)s2)cc1. The van der Waals surface area contributed by atoms with Gasteiger partial charge in [0.2, 0.25) is 0 Å². The summed E-state index contributed by atoms with van der Waals surface area (Å²) in [5.41, 5.74) is 3.93. The van der Waals surface area contributed by atoms with Gasteiger partial charge in [0.1, 0.15) is 5.01 Å². The third kappa shape index (κ3) is 3.07. The Morgan fingerprint density at radius 2 is 1.73 bits per heavy atom. The molecule has 0 aliphatic rings. The van der Waals surface area contributed by atoms with Crippen molar-refractivity contribution in [2.75, 3.05) is 0 Å². The molecule has 0 bridgehead atoms. The Balaban J connectivity index is 2.08. The first kappa shape index (κ1) is 14.5. The maximum atomic E-state index is 11.1. The lowest BCUT2D eigenvalue weighted by atomic mass is 10.1. The van der Waals surface area contributed by atoms with Gasteiger partial charge in [0, 0.05) is 16.0 Å². The van der Waals surface area contributed by atoms with Gasteiger partial charge in [-0.25, -0.2) is 4.98 Å². The van der Waals surface area contributed by atoms with Crippen LogP contribution in [0.2, 0.25) is 0 Å². The van der Waals surface area contributed by atoms with E-state index in [2.05, 4.69) is 4.98 Å². The first-order valence-electron chi connectivity index (χ1n) is 6.97.